The highest BCUT2D eigenvalue weighted by atomic mass is 32.2. The number of hydrogen-bond donors (Lipinski definition) is 1. The third-order valence-electron chi connectivity index (χ3n) is 3.61. The quantitative estimate of drug-likeness (QED) is 0.420. The summed E-state index contributed by atoms with van der Waals surface area (Å²) in [5, 5.41) is 3.38. The summed E-state index contributed by atoms with van der Waals surface area (Å²) in [6, 6.07) is 13.7. The zero-order valence-corrected chi connectivity index (χ0v) is 16.2. The lowest BCUT2D eigenvalue weighted by atomic mass is 10.3. The number of carbonyl (C=O) groups excluding carboxylic acids is 2. The van der Waals surface area contributed by atoms with Crippen molar-refractivity contribution in [1.82, 2.24) is 4.98 Å². The first-order valence-electron chi connectivity index (χ1n) is 8.34. The van der Waals surface area contributed by atoms with Crippen LogP contribution in [0.4, 0.5) is 14.5 Å². The van der Waals surface area contributed by atoms with Crippen LogP contribution in [0.2, 0.25) is 0 Å². The molecule has 0 radical (unpaired) electrons. The van der Waals surface area contributed by atoms with Gasteiger partial charge in [0.2, 0.25) is 0 Å². The molecule has 146 valence electrons. The van der Waals surface area contributed by atoms with Crippen molar-refractivity contribution in [3.63, 3.8) is 0 Å². The molecule has 0 aliphatic carbocycles. The number of thioether (sulfide) groups is 1. The molecule has 3 aromatic rings. The van der Waals surface area contributed by atoms with E-state index in [2.05, 4.69) is 10.3 Å². The molecule has 0 aliphatic heterocycles. The molecule has 1 amide bonds. The molecule has 9 heteroatoms. The molecule has 1 N–H and O–H groups in total. The van der Waals surface area contributed by atoms with Crippen molar-refractivity contribution in [3.05, 3.63) is 53.5 Å². The minimum absolute atomic E-state index is 0.132. The van der Waals surface area contributed by atoms with Crippen molar-refractivity contribution in [1.29, 1.82) is 0 Å². The van der Waals surface area contributed by atoms with Gasteiger partial charge < -0.3 is 10.1 Å². The first kappa shape index (κ1) is 20.2. The lowest BCUT2D eigenvalue weighted by Crippen LogP contribution is -2.21. The minimum atomic E-state index is -2.50. The van der Waals surface area contributed by atoms with E-state index < -0.39 is 24.2 Å². The van der Waals surface area contributed by atoms with E-state index in [1.165, 1.54) is 35.6 Å². The van der Waals surface area contributed by atoms with E-state index in [9.17, 15) is 18.4 Å². The summed E-state index contributed by atoms with van der Waals surface area (Å²) >= 11 is 1.95. The molecule has 3 rings (SSSR count). The molecule has 1 heterocycles. The van der Waals surface area contributed by atoms with Gasteiger partial charge in [-0.25, -0.2) is 4.98 Å². The SMILES string of the molecule is O=C(COC(=O)CCc1nc2ccccc2s1)Nc1ccc(SC(F)F)cc1. The number of nitrogens with one attached hydrogen (secondary N) is 1. The number of thiazole rings is 1. The predicted molar refractivity (Wildman–Crippen MR) is 106 cm³/mol. The van der Waals surface area contributed by atoms with Crippen molar-refractivity contribution in [3.8, 4) is 0 Å². The number of fused-ring (bicyclic) bond motifs is 1. The Bertz CT molecular complexity index is 928. The maximum absolute atomic E-state index is 12.3. The van der Waals surface area contributed by atoms with Gasteiger partial charge >= 0.3 is 5.97 Å². The lowest BCUT2D eigenvalue weighted by molar-refractivity contribution is -0.147. The van der Waals surface area contributed by atoms with Gasteiger partial charge in [0.15, 0.2) is 6.61 Å². The summed E-state index contributed by atoms with van der Waals surface area (Å²) in [4.78, 5) is 28.5. The lowest BCUT2D eigenvalue weighted by Gasteiger charge is -2.07. The van der Waals surface area contributed by atoms with E-state index in [0.717, 1.165) is 15.2 Å². The van der Waals surface area contributed by atoms with Gasteiger partial charge in [-0.1, -0.05) is 23.9 Å². The van der Waals surface area contributed by atoms with Gasteiger partial charge in [-0.05, 0) is 36.4 Å². The van der Waals surface area contributed by atoms with Crippen molar-refractivity contribution >= 4 is 50.9 Å². The summed E-state index contributed by atoms with van der Waals surface area (Å²) in [6.45, 7) is -0.411. The first-order valence-corrected chi connectivity index (χ1v) is 10.0. The van der Waals surface area contributed by atoms with Crippen LogP contribution in [0.25, 0.3) is 10.2 Å². The van der Waals surface area contributed by atoms with Gasteiger partial charge in [0.25, 0.3) is 11.7 Å². The first-order chi connectivity index (χ1) is 13.5. The van der Waals surface area contributed by atoms with Crippen LogP contribution in [0.5, 0.6) is 0 Å². The normalized spacial score (nSPS) is 11.0. The Morgan fingerprint density at radius 1 is 1.14 bits per heavy atom. The fraction of sp³-hybridized carbons (Fsp3) is 0.211. The summed E-state index contributed by atoms with van der Waals surface area (Å²) in [5.41, 5.74) is 1.34. The van der Waals surface area contributed by atoms with Crippen molar-refractivity contribution in [2.24, 2.45) is 0 Å². The summed E-state index contributed by atoms with van der Waals surface area (Å²) in [6.07, 6.45) is 0.579. The number of rotatable bonds is 8. The van der Waals surface area contributed by atoms with Gasteiger partial charge in [0, 0.05) is 17.0 Å². The zero-order chi connectivity index (χ0) is 19.9. The minimum Gasteiger partial charge on any atom is -0.456 e. The second-order valence-corrected chi connectivity index (χ2v) is 7.87. The Morgan fingerprint density at radius 3 is 2.61 bits per heavy atom. The summed E-state index contributed by atoms with van der Waals surface area (Å²) in [7, 11) is 0. The van der Waals surface area contributed by atoms with Crippen LogP contribution in [0.15, 0.2) is 53.4 Å². The second kappa shape index (κ2) is 9.61. The highest BCUT2D eigenvalue weighted by Gasteiger charge is 2.11. The van der Waals surface area contributed by atoms with Crippen LogP contribution in [-0.2, 0) is 20.7 Å². The van der Waals surface area contributed by atoms with E-state index in [0.29, 0.717) is 28.8 Å². The Kier molecular flexibility index (Phi) is 6.94. The molecule has 0 unspecified atom stereocenters. The molecule has 0 bridgehead atoms. The molecule has 0 fully saturated rings. The van der Waals surface area contributed by atoms with Gasteiger partial charge in [0.05, 0.1) is 21.6 Å². The van der Waals surface area contributed by atoms with Gasteiger partial charge in [-0.2, -0.15) is 8.78 Å². The number of carbonyl (C=O) groups is 2. The van der Waals surface area contributed by atoms with Crippen molar-refractivity contribution in [2.75, 3.05) is 11.9 Å². The topological polar surface area (TPSA) is 68.3 Å². The molecule has 2 aromatic carbocycles. The van der Waals surface area contributed by atoms with Crippen LogP contribution >= 0.6 is 23.1 Å². The molecule has 0 aliphatic rings. The van der Waals surface area contributed by atoms with Gasteiger partial charge in [0.1, 0.15) is 0 Å². The number of alkyl halides is 2. The fourth-order valence-electron chi connectivity index (χ4n) is 2.37. The Balaban J connectivity index is 1.40. The number of anilines is 1. The van der Waals surface area contributed by atoms with Crippen LogP contribution < -0.4 is 5.32 Å². The average molecular weight is 422 g/mol. The molecule has 28 heavy (non-hydrogen) atoms. The Morgan fingerprint density at radius 2 is 1.89 bits per heavy atom. The molecule has 0 saturated carbocycles. The summed E-state index contributed by atoms with van der Waals surface area (Å²) in [5.74, 6) is -3.48. The Hall–Kier alpha value is -2.52. The van der Waals surface area contributed by atoms with E-state index >= 15 is 0 Å². The van der Waals surface area contributed by atoms with Crippen molar-refractivity contribution < 1.29 is 23.1 Å². The molecular formula is C19H16F2N2O3S2. The van der Waals surface area contributed by atoms with Gasteiger partial charge in [-0.3, -0.25) is 9.59 Å². The molecular weight excluding hydrogens is 406 g/mol. The van der Waals surface area contributed by atoms with E-state index in [1.54, 1.807) is 0 Å². The van der Waals surface area contributed by atoms with Crippen LogP contribution in [0.3, 0.4) is 0 Å². The number of para-hydroxylation sites is 1. The van der Waals surface area contributed by atoms with Gasteiger partial charge in [-0.15, -0.1) is 11.3 Å². The molecule has 0 spiro atoms. The number of hydrogen-bond acceptors (Lipinski definition) is 6. The fourth-order valence-corrected chi connectivity index (χ4v) is 3.84. The number of aromatic nitrogens is 1. The maximum Gasteiger partial charge on any atom is 0.306 e. The third-order valence-corrected chi connectivity index (χ3v) is 5.43. The van der Waals surface area contributed by atoms with Crippen molar-refractivity contribution in [2.45, 2.75) is 23.5 Å². The highest BCUT2D eigenvalue weighted by Crippen LogP contribution is 2.26. The number of halogens is 2. The number of nitrogens with zero attached hydrogens (tertiary/aromatic N) is 1. The van der Waals surface area contributed by atoms with Crippen LogP contribution in [-0.4, -0.2) is 29.2 Å². The summed E-state index contributed by atoms with van der Waals surface area (Å²) < 4.78 is 30.6. The van der Waals surface area contributed by atoms with E-state index in [1.807, 2.05) is 24.3 Å². The highest BCUT2D eigenvalue weighted by molar-refractivity contribution is 7.99. The molecule has 0 atom stereocenters. The predicted octanol–water partition coefficient (Wildman–Crippen LogP) is 4.73. The molecule has 1 aromatic heterocycles. The molecule has 5 nitrogen and oxygen atoms in total. The second-order valence-electron chi connectivity index (χ2n) is 5.69. The number of ether oxygens (including phenoxy) is 1. The maximum atomic E-state index is 12.3. The Labute approximate surface area is 168 Å². The zero-order valence-electron chi connectivity index (χ0n) is 14.6. The monoisotopic (exact) mass is 422 g/mol. The smallest absolute Gasteiger partial charge is 0.306 e. The van der Waals surface area contributed by atoms with Crippen LogP contribution in [0, 0.1) is 0 Å². The third kappa shape index (κ3) is 6.00. The number of amides is 1. The standard InChI is InChI=1S/C19H16F2N2O3S2/c20-19(21)27-13-7-5-12(6-8-13)22-16(24)11-26-18(25)10-9-17-23-14-3-1-2-4-15(14)28-17/h1-8,19H,9-11H2,(H,22,24). The number of benzene rings is 2. The number of aryl methyl sites for hydroxylation is 1. The largest absolute Gasteiger partial charge is 0.456 e. The average Bonchev–Trinajstić information content (AvgIpc) is 3.09. The van der Waals surface area contributed by atoms with E-state index in [-0.39, 0.29) is 6.42 Å². The molecule has 0 saturated heterocycles. The van der Waals surface area contributed by atoms with E-state index in [4.69, 9.17) is 4.74 Å². The number of esters is 1. The van der Waals surface area contributed by atoms with Crippen LogP contribution in [0.1, 0.15) is 11.4 Å².